The largest absolute Gasteiger partial charge is 0.475 e. The number of benzene rings is 1. The Morgan fingerprint density at radius 3 is 2.43 bits per heavy atom. The van der Waals surface area contributed by atoms with E-state index in [0.717, 1.165) is 10.6 Å². The zero-order valence-corrected chi connectivity index (χ0v) is 12.4. The third-order valence-corrected chi connectivity index (χ3v) is 3.25. The Labute approximate surface area is 125 Å². The second-order valence-corrected chi connectivity index (χ2v) is 5.20. The molecule has 0 saturated heterocycles. The van der Waals surface area contributed by atoms with Gasteiger partial charge in [0.15, 0.2) is 5.82 Å². The quantitative estimate of drug-likeness (QED) is 0.787. The van der Waals surface area contributed by atoms with Gasteiger partial charge in [-0.05, 0) is 6.92 Å². The van der Waals surface area contributed by atoms with Crippen LogP contribution in [0.3, 0.4) is 0 Å². The number of carboxylic acid groups (broad SMARTS) is 1. The summed E-state index contributed by atoms with van der Waals surface area (Å²) >= 11 is 1.67. The molecule has 0 radical (unpaired) electrons. The fourth-order valence-electron chi connectivity index (χ4n) is 1.57. The summed E-state index contributed by atoms with van der Waals surface area (Å²) < 4.78 is 1.25. The normalized spacial score (nSPS) is 9.81. The summed E-state index contributed by atoms with van der Waals surface area (Å²) in [6, 6.07) is 9.25. The molecule has 7 heteroatoms. The molecule has 0 unspecified atom stereocenters. The number of aromatic carboxylic acids is 1. The van der Waals surface area contributed by atoms with Crippen LogP contribution in [0.15, 0.2) is 41.9 Å². The van der Waals surface area contributed by atoms with Crippen LogP contribution < -0.4 is 0 Å². The highest BCUT2D eigenvalue weighted by atomic mass is 32.1. The second kappa shape index (κ2) is 6.76. The molecule has 1 aromatic carbocycles. The van der Waals surface area contributed by atoms with Crippen molar-refractivity contribution in [1.82, 2.24) is 19.7 Å². The zero-order valence-electron chi connectivity index (χ0n) is 11.6. The molecule has 0 fully saturated rings. The van der Waals surface area contributed by atoms with Gasteiger partial charge in [-0.3, -0.25) is 4.98 Å². The summed E-state index contributed by atoms with van der Waals surface area (Å²) in [5.41, 5.74) is 0.806. The van der Waals surface area contributed by atoms with Crippen molar-refractivity contribution in [2.24, 2.45) is 7.05 Å². The van der Waals surface area contributed by atoms with Crippen LogP contribution in [0.25, 0.3) is 11.4 Å². The maximum Gasteiger partial charge on any atom is 0.373 e. The van der Waals surface area contributed by atoms with Crippen molar-refractivity contribution < 1.29 is 9.90 Å². The number of rotatable bonds is 2. The van der Waals surface area contributed by atoms with Gasteiger partial charge in [0.05, 0.1) is 5.01 Å². The number of nitrogens with zero attached hydrogens (tertiary/aromatic N) is 4. The average molecular weight is 302 g/mol. The minimum Gasteiger partial charge on any atom is -0.475 e. The van der Waals surface area contributed by atoms with Crippen LogP contribution in [-0.2, 0) is 7.05 Å². The zero-order chi connectivity index (χ0) is 15.2. The Balaban J connectivity index is 0.000000225. The second-order valence-electron chi connectivity index (χ2n) is 4.10. The highest BCUT2D eigenvalue weighted by molar-refractivity contribution is 7.09. The van der Waals surface area contributed by atoms with E-state index in [0.29, 0.717) is 5.82 Å². The summed E-state index contributed by atoms with van der Waals surface area (Å²) in [4.78, 5) is 18.6. The van der Waals surface area contributed by atoms with Gasteiger partial charge in [-0.1, -0.05) is 30.3 Å². The molecule has 0 bridgehead atoms. The Kier molecular flexibility index (Phi) is 4.78. The molecule has 0 aliphatic carbocycles. The fraction of sp³-hybridized carbons (Fsp3) is 0.143. The topological polar surface area (TPSA) is 80.9 Å². The molecule has 0 spiro atoms. The molecule has 108 valence electrons. The Morgan fingerprint density at radius 2 is 2.00 bits per heavy atom. The number of thiazole rings is 1. The lowest BCUT2D eigenvalue weighted by Gasteiger charge is -1.91. The maximum absolute atomic E-state index is 10.7. The van der Waals surface area contributed by atoms with E-state index >= 15 is 0 Å². The number of carbonyl (C=O) groups is 1. The minimum absolute atomic E-state index is 0.0612. The van der Waals surface area contributed by atoms with E-state index in [1.54, 1.807) is 24.6 Å². The predicted octanol–water partition coefficient (Wildman–Crippen LogP) is 2.63. The Hall–Kier alpha value is -2.54. The monoisotopic (exact) mass is 302 g/mol. The van der Waals surface area contributed by atoms with E-state index in [4.69, 9.17) is 5.11 Å². The van der Waals surface area contributed by atoms with Gasteiger partial charge in [0.25, 0.3) is 0 Å². The third kappa shape index (κ3) is 3.96. The van der Waals surface area contributed by atoms with Gasteiger partial charge >= 0.3 is 5.97 Å². The first-order valence-corrected chi connectivity index (χ1v) is 7.01. The summed E-state index contributed by atoms with van der Waals surface area (Å²) in [6.07, 6.45) is 1.81. The molecule has 0 aliphatic heterocycles. The van der Waals surface area contributed by atoms with Crippen LogP contribution in [0.4, 0.5) is 0 Å². The molecular formula is C14H14N4O2S. The minimum atomic E-state index is -1.08. The highest BCUT2D eigenvalue weighted by Crippen LogP contribution is 2.14. The SMILES string of the molecule is Cc1nccs1.Cn1nc(-c2ccccc2)nc1C(=O)O. The van der Waals surface area contributed by atoms with E-state index in [1.165, 1.54) is 4.68 Å². The van der Waals surface area contributed by atoms with Crippen LogP contribution in [0.1, 0.15) is 15.6 Å². The van der Waals surface area contributed by atoms with E-state index in [-0.39, 0.29) is 5.82 Å². The number of carboxylic acids is 1. The van der Waals surface area contributed by atoms with Crippen LogP contribution in [0, 0.1) is 6.92 Å². The van der Waals surface area contributed by atoms with Crippen LogP contribution in [0.2, 0.25) is 0 Å². The molecule has 3 rings (SSSR count). The van der Waals surface area contributed by atoms with Gasteiger partial charge in [0.1, 0.15) is 0 Å². The van der Waals surface area contributed by atoms with Crippen molar-refractivity contribution in [3.63, 3.8) is 0 Å². The molecular weight excluding hydrogens is 288 g/mol. The lowest BCUT2D eigenvalue weighted by molar-refractivity contribution is 0.0678. The maximum atomic E-state index is 10.7. The van der Waals surface area contributed by atoms with Gasteiger partial charge in [-0.25, -0.2) is 14.5 Å². The molecule has 0 saturated carbocycles. The van der Waals surface area contributed by atoms with E-state index in [1.807, 2.05) is 42.6 Å². The lowest BCUT2D eigenvalue weighted by Crippen LogP contribution is -2.06. The van der Waals surface area contributed by atoms with Gasteiger partial charge < -0.3 is 5.11 Å². The molecule has 3 aromatic rings. The highest BCUT2D eigenvalue weighted by Gasteiger charge is 2.14. The van der Waals surface area contributed by atoms with Gasteiger partial charge in [0, 0.05) is 24.2 Å². The fourth-order valence-corrected chi connectivity index (χ4v) is 2.02. The van der Waals surface area contributed by atoms with Crippen molar-refractivity contribution in [3.8, 4) is 11.4 Å². The Bertz CT molecular complexity index is 708. The van der Waals surface area contributed by atoms with Gasteiger partial charge in [-0.15, -0.1) is 11.3 Å². The standard InChI is InChI=1S/C10H9N3O2.C4H5NS/c1-13-9(10(14)15)11-8(12-13)7-5-3-2-4-6-7;1-4-5-2-3-6-4/h2-6H,1H3,(H,14,15);2-3H,1H3. The number of aromatic nitrogens is 4. The van der Waals surface area contributed by atoms with Crippen LogP contribution in [-0.4, -0.2) is 30.8 Å². The smallest absolute Gasteiger partial charge is 0.373 e. The predicted molar refractivity (Wildman–Crippen MR) is 80.2 cm³/mol. The molecule has 0 amide bonds. The summed E-state index contributed by atoms with van der Waals surface area (Å²) in [6.45, 7) is 1.99. The molecule has 1 N–H and O–H groups in total. The first-order valence-electron chi connectivity index (χ1n) is 6.14. The first-order chi connectivity index (χ1) is 10.1. The van der Waals surface area contributed by atoms with Gasteiger partial charge in [-0.2, -0.15) is 5.10 Å². The molecule has 6 nitrogen and oxygen atoms in total. The van der Waals surface area contributed by atoms with Crippen molar-refractivity contribution in [1.29, 1.82) is 0 Å². The number of hydrogen-bond donors (Lipinski definition) is 1. The van der Waals surface area contributed by atoms with Gasteiger partial charge in [0.2, 0.25) is 5.82 Å². The Morgan fingerprint density at radius 1 is 1.29 bits per heavy atom. The molecule has 2 aromatic heterocycles. The molecule has 2 heterocycles. The van der Waals surface area contributed by atoms with Crippen molar-refractivity contribution in [2.45, 2.75) is 6.92 Å². The molecule has 0 aliphatic rings. The first kappa shape index (κ1) is 14.9. The van der Waals surface area contributed by atoms with E-state index in [2.05, 4.69) is 15.1 Å². The summed E-state index contributed by atoms with van der Waals surface area (Å²) in [5, 5.41) is 15.9. The molecule has 0 atom stereocenters. The van der Waals surface area contributed by atoms with Crippen molar-refractivity contribution in [3.05, 3.63) is 52.7 Å². The van der Waals surface area contributed by atoms with Crippen molar-refractivity contribution >= 4 is 17.3 Å². The van der Waals surface area contributed by atoms with Crippen LogP contribution >= 0.6 is 11.3 Å². The number of hydrogen-bond acceptors (Lipinski definition) is 5. The van der Waals surface area contributed by atoms with Crippen molar-refractivity contribution in [2.75, 3.05) is 0 Å². The van der Waals surface area contributed by atoms with E-state index in [9.17, 15) is 4.79 Å². The lowest BCUT2D eigenvalue weighted by atomic mass is 10.2. The van der Waals surface area contributed by atoms with Crippen LogP contribution in [0.5, 0.6) is 0 Å². The third-order valence-electron chi connectivity index (χ3n) is 2.54. The summed E-state index contributed by atoms with van der Waals surface area (Å²) in [7, 11) is 1.56. The molecule has 21 heavy (non-hydrogen) atoms. The summed E-state index contributed by atoms with van der Waals surface area (Å²) in [5.74, 6) is -0.712. The average Bonchev–Trinajstić information content (AvgIpc) is 3.09. The van der Waals surface area contributed by atoms with E-state index < -0.39 is 5.97 Å². The number of aryl methyl sites for hydroxylation is 2.